The lowest BCUT2D eigenvalue weighted by Gasteiger charge is -2.12. The fourth-order valence-electron chi connectivity index (χ4n) is 1.36. The van der Waals surface area contributed by atoms with Gasteiger partial charge in [-0.2, -0.15) is 8.78 Å². The van der Waals surface area contributed by atoms with E-state index in [0.29, 0.717) is 18.7 Å². The molecule has 0 saturated heterocycles. The molecule has 3 N–H and O–H groups in total. The minimum absolute atomic E-state index is 0.0294. The number of hydrogen-bond acceptors (Lipinski definition) is 4. The number of halogens is 2. The molecule has 19 heavy (non-hydrogen) atoms. The molecule has 1 unspecified atom stereocenters. The molecule has 0 heterocycles. The zero-order valence-electron chi connectivity index (χ0n) is 10.4. The van der Waals surface area contributed by atoms with Crippen molar-refractivity contribution in [2.45, 2.75) is 19.1 Å². The molecule has 0 aliphatic carbocycles. The molecule has 1 amide bonds. The number of carbonyl (C=O) groups excluding carboxylic acids is 1. The molecule has 0 bridgehead atoms. The molecule has 1 aromatic rings. The van der Waals surface area contributed by atoms with Gasteiger partial charge in [0.2, 0.25) is 5.91 Å². The number of rotatable bonds is 7. The van der Waals surface area contributed by atoms with E-state index in [1.165, 1.54) is 25.3 Å². The van der Waals surface area contributed by atoms with Gasteiger partial charge >= 0.3 is 6.61 Å². The Balaban J connectivity index is 2.58. The maximum Gasteiger partial charge on any atom is 0.387 e. The summed E-state index contributed by atoms with van der Waals surface area (Å²) in [6, 6.07) is 4.99. The monoisotopic (exact) mass is 274 g/mol. The fourth-order valence-corrected chi connectivity index (χ4v) is 1.36. The average molecular weight is 274 g/mol. The van der Waals surface area contributed by atoms with Gasteiger partial charge in [0.05, 0.1) is 6.04 Å². The van der Waals surface area contributed by atoms with E-state index < -0.39 is 18.6 Å². The SMILES string of the molecule is COCCC(N)C(=O)Nc1cccc(OC(F)F)c1. The maximum atomic E-state index is 12.0. The molecule has 7 heteroatoms. The zero-order chi connectivity index (χ0) is 14.3. The lowest BCUT2D eigenvalue weighted by molar-refractivity contribution is -0.117. The zero-order valence-corrected chi connectivity index (χ0v) is 10.4. The summed E-state index contributed by atoms with van der Waals surface area (Å²) in [7, 11) is 1.51. The number of hydrogen-bond donors (Lipinski definition) is 2. The highest BCUT2D eigenvalue weighted by atomic mass is 19.3. The standard InChI is InChI=1S/C12H16F2N2O3/c1-18-6-5-10(15)11(17)16-8-3-2-4-9(7-8)19-12(13)14/h2-4,7,10,12H,5-6,15H2,1H3,(H,16,17). The molecular weight excluding hydrogens is 258 g/mol. The van der Waals surface area contributed by atoms with E-state index >= 15 is 0 Å². The van der Waals surface area contributed by atoms with Gasteiger partial charge in [-0.25, -0.2) is 0 Å². The average Bonchev–Trinajstić information content (AvgIpc) is 2.35. The van der Waals surface area contributed by atoms with E-state index in [-0.39, 0.29) is 5.75 Å². The highest BCUT2D eigenvalue weighted by Crippen LogP contribution is 2.19. The van der Waals surface area contributed by atoms with Crippen molar-refractivity contribution in [2.75, 3.05) is 19.0 Å². The van der Waals surface area contributed by atoms with Gasteiger partial charge in [-0.15, -0.1) is 0 Å². The summed E-state index contributed by atoms with van der Waals surface area (Å²) in [5, 5.41) is 2.52. The first-order valence-corrected chi connectivity index (χ1v) is 5.63. The molecule has 1 atom stereocenters. The second kappa shape index (κ2) is 7.65. The summed E-state index contributed by atoms with van der Waals surface area (Å²) in [6.45, 7) is -2.54. The van der Waals surface area contributed by atoms with Crippen molar-refractivity contribution in [3.63, 3.8) is 0 Å². The van der Waals surface area contributed by atoms with Gasteiger partial charge in [-0.3, -0.25) is 4.79 Å². The van der Waals surface area contributed by atoms with Crippen molar-refractivity contribution < 1.29 is 23.0 Å². The summed E-state index contributed by atoms with van der Waals surface area (Å²) in [6.07, 6.45) is 0.371. The number of alkyl halides is 2. The Hall–Kier alpha value is -1.73. The first-order valence-electron chi connectivity index (χ1n) is 5.63. The number of carbonyl (C=O) groups is 1. The summed E-state index contributed by atoms with van der Waals surface area (Å²) in [5.41, 5.74) is 5.97. The van der Waals surface area contributed by atoms with Crippen LogP contribution < -0.4 is 15.8 Å². The van der Waals surface area contributed by atoms with E-state index in [0.717, 1.165) is 0 Å². The number of anilines is 1. The molecule has 106 valence electrons. The highest BCUT2D eigenvalue weighted by Gasteiger charge is 2.13. The molecule has 5 nitrogen and oxygen atoms in total. The predicted octanol–water partition coefficient (Wildman–Crippen LogP) is 1.59. The van der Waals surface area contributed by atoms with Gasteiger partial charge in [0.25, 0.3) is 0 Å². The number of methoxy groups -OCH3 is 1. The van der Waals surface area contributed by atoms with Crippen molar-refractivity contribution in [2.24, 2.45) is 5.73 Å². The van der Waals surface area contributed by atoms with Gasteiger partial charge in [0.1, 0.15) is 5.75 Å². The lowest BCUT2D eigenvalue weighted by Crippen LogP contribution is -2.36. The van der Waals surface area contributed by atoms with Crippen LogP contribution in [0.25, 0.3) is 0 Å². The Bertz CT molecular complexity index is 416. The molecule has 0 fully saturated rings. The molecule has 0 aliphatic rings. The van der Waals surface area contributed by atoms with Crippen molar-refractivity contribution in [1.29, 1.82) is 0 Å². The van der Waals surface area contributed by atoms with Crippen LogP contribution in [0.2, 0.25) is 0 Å². The van der Waals surface area contributed by atoms with Crippen LogP contribution in [0.1, 0.15) is 6.42 Å². The van der Waals surface area contributed by atoms with Crippen LogP contribution in [-0.2, 0) is 9.53 Å². The van der Waals surface area contributed by atoms with E-state index in [4.69, 9.17) is 10.5 Å². The number of benzene rings is 1. The van der Waals surface area contributed by atoms with Crippen molar-refractivity contribution >= 4 is 11.6 Å². The van der Waals surface area contributed by atoms with E-state index in [1.807, 2.05) is 0 Å². The number of nitrogens with two attached hydrogens (primary N) is 1. The summed E-state index contributed by atoms with van der Waals surface area (Å²) < 4.78 is 33.1. The maximum absolute atomic E-state index is 12.0. The van der Waals surface area contributed by atoms with Gasteiger partial charge in [-0.1, -0.05) is 6.07 Å². The third-order valence-corrected chi connectivity index (χ3v) is 2.30. The van der Waals surface area contributed by atoms with Crippen LogP contribution in [0.3, 0.4) is 0 Å². The van der Waals surface area contributed by atoms with Gasteiger partial charge in [-0.05, 0) is 18.6 Å². The van der Waals surface area contributed by atoms with Crippen molar-refractivity contribution in [1.82, 2.24) is 0 Å². The quantitative estimate of drug-likeness (QED) is 0.792. The Labute approximate surface area is 109 Å². The topological polar surface area (TPSA) is 73.6 Å². The smallest absolute Gasteiger partial charge is 0.387 e. The van der Waals surface area contributed by atoms with Gasteiger partial charge in [0, 0.05) is 25.5 Å². The van der Waals surface area contributed by atoms with E-state index in [2.05, 4.69) is 10.1 Å². The lowest BCUT2D eigenvalue weighted by atomic mass is 10.2. The van der Waals surface area contributed by atoms with Crippen LogP contribution in [0.5, 0.6) is 5.75 Å². The Morgan fingerprint density at radius 3 is 2.84 bits per heavy atom. The van der Waals surface area contributed by atoms with E-state index in [1.54, 1.807) is 6.07 Å². The molecule has 0 saturated carbocycles. The molecule has 1 rings (SSSR count). The first-order chi connectivity index (χ1) is 9.02. The minimum Gasteiger partial charge on any atom is -0.435 e. The molecule has 0 aromatic heterocycles. The second-order valence-electron chi connectivity index (χ2n) is 3.78. The largest absolute Gasteiger partial charge is 0.435 e. The van der Waals surface area contributed by atoms with E-state index in [9.17, 15) is 13.6 Å². The fraction of sp³-hybridized carbons (Fsp3) is 0.417. The van der Waals surface area contributed by atoms with Gasteiger partial charge in [0.15, 0.2) is 0 Å². The Kier molecular flexibility index (Phi) is 6.17. The molecule has 0 aliphatic heterocycles. The summed E-state index contributed by atoms with van der Waals surface area (Å²) >= 11 is 0. The number of ether oxygens (including phenoxy) is 2. The summed E-state index contributed by atoms with van der Waals surface area (Å²) in [5.74, 6) is -0.440. The van der Waals surface area contributed by atoms with Gasteiger partial charge < -0.3 is 20.5 Å². The Morgan fingerprint density at radius 1 is 1.47 bits per heavy atom. The number of nitrogens with one attached hydrogen (secondary N) is 1. The minimum atomic E-state index is -2.91. The first kappa shape index (κ1) is 15.3. The van der Waals surface area contributed by atoms with Crippen LogP contribution in [0.15, 0.2) is 24.3 Å². The van der Waals surface area contributed by atoms with Crippen LogP contribution in [0.4, 0.5) is 14.5 Å². The van der Waals surface area contributed by atoms with Crippen LogP contribution in [-0.4, -0.2) is 32.3 Å². The van der Waals surface area contributed by atoms with Crippen LogP contribution >= 0.6 is 0 Å². The molecule has 0 radical (unpaired) electrons. The Morgan fingerprint density at radius 2 is 2.21 bits per heavy atom. The molecular formula is C12H16F2N2O3. The van der Waals surface area contributed by atoms with Crippen molar-refractivity contribution in [3.05, 3.63) is 24.3 Å². The highest BCUT2D eigenvalue weighted by molar-refractivity contribution is 5.94. The normalized spacial score (nSPS) is 12.3. The third-order valence-electron chi connectivity index (χ3n) is 2.30. The molecule has 1 aromatic carbocycles. The second-order valence-corrected chi connectivity index (χ2v) is 3.78. The van der Waals surface area contributed by atoms with Crippen LogP contribution in [0, 0.1) is 0 Å². The predicted molar refractivity (Wildman–Crippen MR) is 66.2 cm³/mol. The third kappa shape index (κ3) is 5.62. The van der Waals surface area contributed by atoms with Crippen molar-refractivity contribution in [3.8, 4) is 5.75 Å². The molecule has 0 spiro atoms. The summed E-state index contributed by atoms with van der Waals surface area (Å²) in [4.78, 5) is 11.7. The number of amides is 1.